The molecule has 0 spiro atoms. The number of aromatic nitrogens is 1. The largest absolute Gasteiger partial charge is 0.505 e. The van der Waals surface area contributed by atoms with Crippen molar-refractivity contribution in [2.75, 3.05) is 14.2 Å². The molecular formula is C10H14N2O4. The Kier molecular flexibility index (Phi) is 4.21. The van der Waals surface area contributed by atoms with Gasteiger partial charge in [-0.15, -0.1) is 0 Å². The Balaban J connectivity index is 3.32. The van der Waals surface area contributed by atoms with Gasteiger partial charge in [-0.2, -0.15) is 0 Å². The number of rotatable bonds is 4. The van der Waals surface area contributed by atoms with E-state index in [2.05, 4.69) is 10.1 Å². The predicted molar refractivity (Wildman–Crippen MR) is 56.8 cm³/mol. The Labute approximate surface area is 93.1 Å². The van der Waals surface area contributed by atoms with Crippen molar-refractivity contribution in [3.8, 4) is 5.75 Å². The highest BCUT2D eigenvalue weighted by molar-refractivity contribution is 5.85. The first-order valence-electron chi connectivity index (χ1n) is 4.57. The van der Waals surface area contributed by atoms with Crippen LogP contribution in [0, 0.1) is 6.92 Å². The summed E-state index contributed by atoms with van der Waals surface area (Å²) in [6, 6.07) is 0. The number of hydrogen-bond donors (Lipinski definition) is 2. The zero-order chi connectivity index (χ0) is 12.1. The van der Waals surface area contributed by atoms with E-state index in [-0.39, 0.29) is 5.75 Å². The zero-order valence-electron chi connectivity index (χ0n) is 9.34. The minimum atomic E-state index is -0.674. The third kappa shape index (κ3) is 2.29. The molecular weight excluding hydrogens is 212 g/mol. The van der Waals surface area contributed by atoms with Gasteiger partial charge < -0.3 is 19.8 Å². The van der Waals surface area contributed by atoms with E-state index in [1.165, 1.54) is 20.4 Å². The number of aryl methyl sites for hydroxylation is 1. The standard InChI is InChI=1S/C10H14N2O4/c1-6-9(13)7(5-12-14)8(4-11-6)10(15-2)16-3/h4-5,10,13-14H,1-3H3. The van der Waals surface area contributed by atoms with Crippen molar-refractivity contribution in [2.45, 2.75) is 13.2 Å². The fourth-order valence-corrected chi connectivity index (χ4v) is 1.36. The van der Waals surface area contributed by atoms with Gasteiger partial charge in [0.15, 0.2) is 6.29 Å². The lowest BCUT2D eigenvalue weighted by Gasteiger charge is -2.16. The van der Waals surface area contributed by atoms with E-state index in [0.29, 0.717) is 16.8 Å². The molecule has 0 aromatic carbocycles. The van der Waals surface area contributed by atoms with E-state index in [0.717, 1.165) is 6.21 Å². The molecule has 6 nitrogen and oxygen atoms in total. The van der Waals surface area contributed by atoms with Crippen LogP contribution >= 0.6 is 0 Å². The molecule has 1 aromatic rings. The maximum Gasteiger partial charge on any atom is 0.185 e. The number of ether oxygens (including phenoxy) is 2. The molecule has 0 aliphatic heterocycles. The summed E-state index contributed by atoms with van der Waals surface area (Å²) in [4.78, 5) is 3.99. The molecule has 0 bridgehead atoms. The van der Waals surface area contributed by atoms with Crippen molar-refractivity contribution in [3.63, 3.8) is 0 Å². The van der Waals surface area contributed by atoms with Gasteiger partial charge in [0.05, 0.1) is 11.9 Å². The summed E-state index contributed by atoms with van der Waals surface area (Å²) in [6.45, 7) is 1.64. The predicted octanol–water partition coefficient (Wildman–Crippen LogP) is 1.20. The third-order valence-corrected chi connectivity index (χ3v) is 2.18. The molecule has 0 amide bonds. The fraction of sp³-hybridized carbons (Fsp3) is 0.400. The van der Waals surface area contributed by atoms with Crippen LogP contribution in [0.1, 0.15) is 23.1 Å². The van der Waals surface area contributed by atoms with E-state index >= 15 is 0 Å². The van der Waals surface area contributed by atoms with E-state index in [1.807, 2.05) is 0 Å². The third-order valence-electron chi connectivity index (χ3n) is 2.18. The van der Waals surface area contributed by atoms with E-state index < -0.39 is 6.29 Å². The highest BCUT2D eigenvalue weighted by Gasteiger charge is 2.18. The van der Waals surface area contributed by atoms with Crippen LogP contribution in [-0.2, 0) is 9.47 Å². The van der Waals surface area contributed by atoms with Crippen LogP contribution in [0.15, 0.2) is 11.4 Å². The Bertz CT molecular complexity index is 389. The smallest absolute Gasteiger partial charge is 0.185 e. The van der Waals surface area contributed by atoms with Crippen molar-refractivity contribution >= 4 is 6.21 Å². The Hall–Kier alpha value is -1.66. The van der Waals surface area contributed by atoms with Crippen molar-refractivity contribution in [2.24, 2.45) is 5.16 Å². The van der Waals surface area contributed by atoms with Crippen molar-refractivity contribution in [1.82, 2.24) is 4.98 Å². The van der Waals surface area contributed by atoms with Crippen molar-refractivity contribution in [1.29, 1.82) is 0 Å². The molecule has 1 aromatic heterocycles. The maximum atomic E-state index is 9.77. The van der Waals surface area contributed by atoms with Crippen LogP contribution in [-0.4, -0.2) is 35.7 Å². The lowest BCUT2D eigenvalue weighted by molar-refractivity contribution is -0.106. The molecule has 0 fully saturated rings. The molecule has 0 atom stereocenters. The van der Waals surface area contributed by atoms with E-state index in [4.69, 9.17) is 14.7 Å². The van der Waals surface area contributed by atoms with Gasteiger partial charge in [0, 0.05) is 31.5 Å². The van der Waals surface area contributed by atoms with Gasteiger partial charge in [-0.05, 0) is 6.92 Å². The molecule has 88 valence electrons. The van der Waals surface area contributed by atoms with E-state index in [9.17, 15) is 5.11 Å². The van der Waals surface area contributed by atoms with Crippen LogP contribution < -0.4 is 0 Å². The minimum Gasteiger partial charge on any atom is -0.505 e. The molecule has 16 heavy (non-hydrogen) atoms. The molecule has 1 heterocycles. The van der Waals surface area contributed by atoms with Crippen LogP contribution in [0.3, 0.4) is 0 Å². The summed E-state index contributed by atoms with van der Waals surface area (Å²) in [6.07, 6.45) is 1.95. The molecule has 0 aliphatic rings. The molecule has 0 radical (unpaired) electrons. The van der Waals surface area contributed by atoms with Gasteiger partial charge in [0.25, 0.3) is 0 Å². The summed E-state index contributed by atoms with van der Waals surface area (Å²) in [5, 5.41) is 21.2. The molecule has 2 N–H and O–H groups in total. The van der Waals surface area contributed by atoms with Crippen LogP contribution in [0.2, 0.25) is 0 Å². The molecule has 0 aliphatic carbocycles. The SMILES string of the molecule is COC(OC)c1cnc(C)c(O)c1C=NO. The van der Waals surface area contributed by atoms with Gasteiger partial charge in [-0.1, -0.05) is 5.16 Å². The first-order valence-corrected chi connectivity index (χ1v) is 4.57. The lowest BCUT2D eigenvalue weighted by Crippen LogP contribution is -2.08. The second kappa shape index (κ2) is 5.43. The summed E-state index contributed by atoms with van der Waals surface area (Å²) in [5.74, 6) is -0.0607. The normalized spacial score (nSPS) is 11.5. The number of oxime groups is 1. The van der Waals surface area contributed by atoms with Crippen LogP contribution in [0.5, 0.6) is 5.75 Å². The number of aromatic hydroxyl groups is 1. The molecule has 6 heteroatoms. The van der Waals surface area contributed by atoms with Gasteiger partial charge in [0.2, 0.25) is 0 Å². The van der Waals surface area contributed by atoms with Gasteiger partial charge >= 0.3 is 0 Å². The highest BCUT2D eigenvalue weighted by Crippen LogP contribution is 2.28. The number of nitrogens with zero attached hydrogens (tertiary/aromatic N) is 2. The monoisotopic (exact) mass is 226 g/mol. The van der Waals surface area contributed by atoms with Gasteiger partial charge in [-0.3, -0.25) is 4.98 Å². The number of methoxy groups -OCH3 is 2. The first-order chi connectivity index (χ1) is 7.65. The summed E-state index contributed by atoms with van der Waals surface area (Å²) < 4.78 is 10.1. The zero-order valence-corrected chi connectivity index (χ0v) is 9.34. The maximum absolute atomic E-state index is 9.77. The summed E-state index contributed by atoms with van der Waals surface area (Å²) in [7, 11) is 2.93. The second-order valence-electron chi connectivity index (χ2n) is 3.11. The average molecular weight is 226 g/mol. The van der Waals surface area contributed by atoms with Gasteiger partial charge in [-0.25, -0.2) is 0 Å². The quantitative estimate of drug-likeness (QED) is 0.349. The molecule has 0 saturated heterocycles. The van der Waals surface area contributed by atoms with Gasteiger partial charge in [0.1, 0.15) is 5.75 Å². The summed E-state index contributed by atoms with van der Waals surface area (Å²) in [5.41, 5.74) is 1.25. The first kappa shape index (κ1) is 12.4. The van der Waals surface area contributed by atoms with Crippen LogP contribution in [0.4, 0.5) is 0 Å². The minimum absolute atomic E-state index is 0.0607. The van der Waals surface area contributed by atoms with E-state index in [1.54, 1.807) is 6.92 Å². The van der Waals surface area contributed by atoms with Crippen molar-refractivity contribution < 1.29 is 19.8 Å². The Morgan fingerprint density at radius 1 is 1.44 bits per heavy atom. The molecule has 0 unspecified atom stereocenters. The Morgan fingerprint density at radius 3 is 2.56 bits per heavy atom. The highest BCUT2D eigenvalue weighted by atomic mass is 16.7. The lowest BCUT2D eigenvalue weighted by atomic mass is 10.1. The Morgan fingerprint density at radius 2 is 2.06 bits per heavy atom. The van der Waals surface area contributed by atoms with Crippen LogP contribution in [0.25, 0.3) is 0 Å². The number of pyridine rings is 1. The van der Waals surface area contributed by atoms with Crippen molar-refractivity contribution in [3.05, 3.63) is 23.0 Å². The number of hydrogen-bond acceptors (Lipinski definition) is 6. The molecule has 1 rings (SSSR count). The topological polar surface area (TPSA) is 84.2 Å². The fourth-order valence-electron chi connectivity index (χ4n) is 1.36. The summed E-state index contributed by atoms with van der Waals surface area (Å²) >= 11 is 0. The molecule has 0 saturated carbocycles. The average Bonchev–Trinajstić information content (AvgIpc) is 2.29. The second-order valence-corrected chi connectivity index (χ2v) is 3.11.